The smallest absolute Gasteiger partial charge is 0.0461 e. The molecule has 17 aliphatic rings. The molecule has 0 saturated heterocycles. The molecule has 6 aromatic rings. The lowest BCUT2D eigenvalue weighted by Crippen LogP contribution is -2.36. The maximum Gasteiger partial charge on any atom is 0.0461 e. The van der Waals surface area contributed by atoms with Gasteiger partial charge in [-0.2, -0.15) is 0 Å². The monoisotopic (exact) mass is 1010 g/mol. The minimum atomic E-state index is -0.244. The van der Waals surface area contributed by atoms with E-state index >= 15 is 0 Å². The Morgan fingerprint density at radius 1 is 0.266 bits per heavy atom. The van der Waals surface area contributed by atoms with Crippen LogP contribution in [0, 0.1) is 117 Å². The summed E-state index contributed by atoms with van der Waals surface area (Å²) in [5.41, 5.74) is 29.5. The Hall–Kier alpha value is -7.42. The number of hydrogen-bond donors (Lipinski definition) is 0. The SMILES string of the molecule is C1=CC2C3C=CC4C5C6=C7C8=C(C2C2C9=C8C8=C%10C%11C(C=CC(C12)C9%11)C1C=CC2C(C(=C87)C78C2CCC4C67C8(c2ccc(N(c4ccccc4)c4ccccc4)cc2)c2ccc(N(c4ccccc4)c4ccccc4)cc2)C%101)C35. The van der Waals surface area contributed by atoms with Crippen LogP contribution in [-0.4, -0.2) is 0 Å². The van der Waals surface area contributed by atoms with Crippen LogP contribution in [0.1, 0.15) is 24.0 Å². The third-order valence-electron chi connectivity index (χ3n) is 26.5. The number of nitrogens with zero attached hydrogens (tertiary/aromatic N) is 2. The van der Waals surface area contributed by atoms with E-state index in [9.17, 15) is 0 Å². The van der Waals surface area contributed by atoms with E-state index in [1.165, 1.54) is 47.0 Å². The third kappa shape index (κ3) is 3.83. The summed E-state index contributed by atoms with van der Waals surface area (Å²) in [6.45, 7) is 0. The second-order valence-corrected chi connectivity index (χ2v) is 27.7. The van der Waals surface area contributed by atoms with Crippen molar-refractivity contribution >= 4 is 34.1 Å². The van der Waals surface area contributed by atoms with Gasteiger partial charge in [0.15, 0.2) is 0 Å². The van der Waals surface area contributed by atoms with Crippen molar-refractivity contribution in [3.63, 3.8) is 0 Å². The number of anilines is 6. The van der Waals surface area contributed by atoms with Crippen LogP contribution in [0.25, 0.3) is 0 Å². The van der Waals surface area contributed by atoms with Crippen LogP contribution >= 0.6 is 0 Å². The Morgan fingerprint density at radius 3 is 0.848 bits per heavy atom. The van der Waals surface area contributed by atoms with Crippen LogP contribution in [0.5, 0.6) is 0 Å². The summed E-state index contributed by atoms with van der Waals surface area (Å²) in [5.74, 6) is 11.2. The highest BCUT2D eigenvalue weighted by Crippen LogP contribution is 3.04. The molecule has 376 valence electrons. The van der Waals surface area contributed by atoms with Crippen LogP contribution in [0.15, 0.2) is 274 Å². The first kappa shape index (κ1) is 40.7. The number of hydrogen-bond acceptors (Lipinski definition) is 2. The van der Waals surface area contributed by atoms with Gasteiger partial charge < -0.3 is 9.80 Å². The molecule has 2 heteroatoms. The average molecular weight is 1010 g/mol. The number of rotatable bonds is 8. The Morgan fingerprint density at radius 2 is 0.532 bits per heavy atom. The van der Waals surface area contributed by atoms with Crippen molar-refractivity contribution in [2.24, 2.45) is 117 Å². The molecule has 0 aromatic heterocycles. The summed E-state index contributed by atoms with van der Waals surface area (Å²) < 4.78 is 0. The Bertz CT molecular complexity index is 3850. The molecule has 2 spiro atoms. The number of benzene rings is 6. The molecule has 20 unspecified atom stereocenters. The molecule has 0 N–H and O–H groups in total. The Kier molecular flexibility index (Phi) is 6.66. The zero-order valence-corrected chi connectivity index (χ0v) is 44.0. The zero-order valence-electron chi connectivity index (χ0n) is 44.0. The van der Waals surface area contributed by atoms with Gasteiger partial charge in [0.25, 0.3) is 0 Å². The summed E-state index contributed by atoms with van der Waals surface area (Å²) in [4.78, 5) is 4.98. The summed E-state index contributed by atoms with van der Waals surface area (Å²) in [7, 11) is 0. The van der Waals surface area contributed by atoms with E-state index < -0.39 is 0 Å². The van der Waals surface area contributed by atoms with Crippen LogP contribution in [0.2, 0.25) is 0 Å². The normalized spacial score (nSPS) is 42.6. The van der Waals surface area contributed by atoms with Gasteiger partial charge in [-0.1, -0.05) is 162 Å². The number of para-hydroxylation sites is 4. The molecule has 0 radical (unpaired) electrons. The quantitative estimate of drug-likeness (QED) is 0.140. The highest BCUT2D eigenvalue weighted by molar-refractivity contribution is 5.96. The predicted octanol–water partition coefficient (Wildman–Crippen LogP) is 16.7. The maximum atomic E-state index is 2.93. The first-order chi connectivity index (χ1) is 39.3. The van der Waals surface area contributed by atoms with E-state index in [1.807, 2.05) is 55.7 Å². The molecular weight excluding hydrogens is 953 g/mol. The largest absolute Gasteiger partial charge is 0.311 e. The van der Waals surface area contributed by atoms with Crippen molar-refractivity contribution in [3.8, 4) is 0 Å². The first-order valence-electron chi connectivity index (χ1n) is 30.7. The van der Waals surface area contributed by atoms with Crippen molar-refractivity contribution in [1.82, 2.24) is 0 Å². The van der Waals surface area contributed by atoms with E-state index in [4.69, 9.17) is 0 Å². The number of fused-ring (bicyclic) bond motifs is 5. The van der Waals surface area contributed by atoms with Gasteiger partial charge in [0.2, 0.25) is 0 Å². The lowest BCUT2D eigenvalue weighted by atomic mass is 9.58. The molecule has 17 aliphatic carbocycles. The minimum absolute atomic E-state index is 0.0171. The molecule has 8 fully saturated rings. The minimum Gasteiger partial charge on any atom is -0.311 e. The molecule has 79 heavy (non-hydrogen) atoms. The lowest BCUT2D eigenvalue weighted by molar-refractivity contribution is 0.129. The highest BCUT2D eigenvalue weighted by Gasteiger charge is 3.01. The molecule has 0 bridgehead atoms. The second-order valence-electron chi connectivity index (χ2n) is 27.7. The lowest BCUT2D eigenvalue weighted by Gasteiger charge is -2.45. The molecule has 23 rings (SSSR count). The highest BCUT2D eigenvalue weighted by atomic mass is 15.1. The van der Waals surface area contributed by atoms with Crippen molar-refractivity contribution in [1.29, 1.82) is 0 Å². The molecule has 8 saturated carbocycles. The van der Waals surface area contributed by atoms with E-state index in [1.54, 1.807) is 11.1 Å². The van der Waals surface area contributed by atoms with Crippen molar-refractivity contribution in [3.05, 3.63) is 285 Å². The molecule has 0 aliphatic heterocycles. The molecule has 0 heterocycles. The van der Waals surface area contributed by atoms with E-state index in [0.717, 1.165) is 0 Å². The Balaban J connectivity index is 0.844. The summed E-state index contributed by atoms with van der Waals surface area (Å²) in [5, 5.41) is 0. The van der Waals surface area contributed by atoms with Crippen LogP contribution in [0.3, 0.4) is 0 Å². The standard InChI is InChI=1S/C77H58N2/c1-5-13-41(14-6-1)78(42-15-7-2-8-16-42)45-25-21-39(22-26-45)75(40-23-27-46(28-24-40)79(43-17-9-3-10-18-43)44-19-11-4-12-20-44)76-55-37-38-56-54-36-34-52-50-32-30-48-47-29-31-49-51-33-35-53(55)63-61(51)66-59(49)57(47)65-58(48)60(50)67-62(52)64(54)74(77(56,75)76)72-70(67)68(65)69(66)71(72)73(63)76/h1-36,47-64H,37-38H2. The molecular formula is C77H58N2. The van der Waals surface area contributed by atoms with Crippen molar-refractivity contribution in [2.75, 3.05) is 9.80 Å². The first-order valence-corrected chi connectivity index (χ1v) is 30.7. The molecule has 0 amide bonds. The summed E-state index contributed by atoms with van der Waals surface area (Å²) >= 11 is 0. The third-order valence-corrected chi connectivity index (χ3v) is 26.5. The fourth-order valence-electron chi connectivity index (χ4n) is 25.7. The van der Waals surface area contributed by atoms with Gasteiger partial charge >= 0.3 is 0 Å². The van der Waals surface area contributed by atoms with E-state index in [0.29, 0.717) is 107 Å². The van der Waals surface area contributed by atoms with Gasteiger partial charge in [-0.3, -0.25) is 0 Å². The van der Waals surface area contributed by atoms with Crippen molar-refractivity contribution < 1.29 is 0 Å². The van der Waals surface area contributed by atoms with E-state index in [2.05, 4.69) is 228 Å². The van der Waals surface area contributed by atoms with Gasteiger partial charge in [0.05, 0.1) is 0 Å². The van der Waals surface area contributed by atoms with Crippen LogP contribution < -0.4 is 9.80 Å². The van der Waals surface area contributed by atoms with Crippen LogP contribution in [0.4, 0.5) is 34.1 Å². The topological polar surface area (TPSA) is 6.48 Å². The molecule has 2 nitrogen and oxygen atoms in total. The predicted molar refractivity (Wildman–Crippen MR) is 312 cm³/mol. The fraction of sp³-hybridized carbons (Fsp3) is 0.299. The van der Waals surface area contributed by atoms with Gasteiger partial charge in [-0.15, -0.1) is 0 Å². The van der Waals surface area contributed by atoms with Gasteiger partial charge in [-0.25, -0.2) is 0 Å². The van der Waals surface area contributed by atoms with Crippen LogP contribution in [-0.2, 0) is 5.41 Å². The molecule has 20 atom stereocenters. The van der Waals surface area contributed by atoms with Gasteiger partial charge in [-0.05, 0) is 242 Å². The average Bonchev–Trinajstić information content (AvgIpc) is 1.38. The van der Waals surface area contributed by atoms with Crippen molar-refractivity contribution in [2.45, 2.75) is 18.3 Å². The van der Waals surface area contributed by atoms with Gasteiger partial charge in [0.1, 0.15) is 0 Å². The second kappa shape index (κ2) is 12.9. The fourth-order valence-corrected chi connectivity index (χ4v) is 25.7. The summed E-state index contributed by atoms with van der Waals surface area (Å²) in [6, 6.07) is 65.4. The number of allylic oxidation sites excluding steroid dienone is 18. The summed E-state index contributed by atoms with van der Waals surface area (Å²) in [6.07, 6.45) is 25.7. The Labute approximate surface area is 462 Å². The van der Waals surface area contributed by atoms with E-state index in [-0.39, 0.29) is 16.2 Å². The van der Waals surface area contributed by atoms with Gasteiger partial charge in [0, 0.05) is 50.4 Å². The zero-order chi connectivity index (χ0) is 50.3. The maximum absolute atomic E-state index is 2.93. The molecule has 6 aromatic carbocycles.